The lowest BCUT2D eigenvalue weighted by atomic mass is 10.3. The average molecular weight is 532 g/mol. The minimum atomic E-state index is -3.98. The van der Waals surface area contributed by atoms with Gasteiger partial charge in [-0.25, -0.2) is 17.2 Å². The Morgan fingerprint density at radius 1 is 1.03 bits per heavy atom. The molecule has 3 aromatic carbocycles. The molecule has 0 radical (unpaired) electrons. The monoisotopic (exact) mass is 530 g/mol. The topological polar surface area (TPSA) is 84.5 Å². The molecule has 11 heteroatoms. The van der Waals surface area contributed by atoms with Gasteiger partial charge in [0.1, 0.15) is 17.4 Å². The first kappa shape index (κ1) is 23.0. The van der Waals surface area contributed by atoms with Crippen molar-refractivity contribution in [1.82, 2.24) is 0 Å². The molecule has 0 saturated carbocycles. The molecule has 3 rings (SSSR count). The van der Waals surface area contributed by atoms with Crippen molar-refractivity contribution < 1.29 is 26.7 Å². The maximum absolute atomic E-state index is 13.8. The first-order chi connectivity index (χ1) is 14.6. The zero-order chi connectivity index (χ0) is 22.6. The lowest BCUT2D eigenvalue weighted by Gasteiger charge is -2.12. The standard InChI is InChI=1S/C20H14BrClF2N2O4S/c21-12-1-7-18(17(24)9-12)25-20(27)11-30-19-8-6-15(10-16(19)22)31(28,29)26-14-4-2-13(23)3-5-14/h1-10,26H,11H2,(H,25,27). The smallest absolute Gasteiger partial charge is 0.262 e. The number of ether oxygens (including phenoxy) is 1. The number of carbonyl (C=O) groups excluding carboxylic acids is 1. The van der Waals surface area contributed by atoms with Gasteiger partial charge in [-0.15, -0.1) is 0 Å². The molecule has 0 aromatic heterocycles. The third kappa shape index (κ3) is 6.16. The highest BCUT2D eigenvalue weighted by Gasteiger charge is 2.17. The van der Waals surface area contributed by atoms with Crippen LogP contribution in [0.4, 0.5) is 20.2 Å². The molecule has 0 saturated heterocycles. The minimum Gasteiger partial charge on any atom is -0.482 e. The molecule has 0 aliphatic heterocycles. The fourth-order valence-electron chi connectivity index (χ4n) is 2.42. The number of sulfonamides is 1. The highest BCUT2D eigenvalue weighted by molar-refractivity contribution is 9.10. The molecule has 1 amide bonds. The Morgan fingerprint density at radius 3 is 2.39 bits per heavy atom. The summed E-state index contributed by atoms with van der Waals surface area (Å²) in [6.45, 7) is -0.477. The van der Waals surface area contributed by atoms with E-state index in [1.807, 2.05) is 0 Å². The molecule has 0 unspecified atom stereocenters. The molecule has 31 heavy (non-hydrogen) atoms. The fraction of sp³-hybridized carbons (Fsp3) is 0.0500. The Balaban J connectivity index is 1.64. The van der Waals surface area contributed by atoms with Crippen LogP contribution in [0.25, 0.3) is 0 Å². The van der Waals surface area contributed by atoms with Crippen LogP contribution in [0.5, 0.6) is 5.75 Å². The van der Waals surface area contributed by atoms with E-state index in [0.29, 0.717) is 4.47 Å². The number of benzene rings is 3. The van der Waals surface area contributed by atoms with Gasteiger partial charge in [0.2, 0.25) is 0 Å². The van der Waals surface area contributed by atoms with Gasteiger partial charge in [0.15, 0.2) is 6.61 Å². The van der Waals surface area contributed by atoms with Crippen LogP contribution in [0, 0.1) is 11.6 Å². The highest BCUT2D eigenvalue weighted by Crippen LogP contribution is 2.28. The molecular formula is C20H14BrClF2N2O4S. The van der Waals surface area contributed by atoms with Crippen molar-refractivity contribution in [2.75, 3.05) is 16.6 Å². The predicted molar refractivity (Wildman–Crippen MR) is 117 cm³/mol. The summed E-state index contributed by atoms with van der Waals surface area (Å²) in [4.78, 5) is 11.8. The summed E-state index contributed by atoms with van der Waals surface area (Å²) in [5, 5.41) is 2.31. The first-order valence-electron chi connectivity index (χ1n) is 8.60. The van der Waals surface area contributed by atoms with Crippen molar-refractivity contribution in [3.8, 4) is 5.75 Å². The fourth-order valence-corrected chi connectivity index (χ4v) is 4.14. The van der Waals surface area contributed by atoms with Crippen LogP contribution in [-0.4, -0.2) is 20.9 Å². The number of rotatable bonds is 7. The Bertz CT molecular complexity index is 1220. The molecule has 0 atom stereocenters. The summed E-state index contributed by atoms with van der Waals surface area (Å²) < 4.78 is 59.8. The highest BCUT2D eigenvalue weighted by atomic mass is 79.9. The predicted octanol–water partition coefficient (Wildman–Crippen LogP) is 5.20. The number of hydrogen-bond donors (Lipinski definition) is 2. The SMILES string of the molecule is O=C(COc1ccc(S(=O)(=O)Nc2ccc(F)cc2)cc1Cl)Nc1ccc(Br)cc1F. The lowest BCUT2D eigenvalue weighted by molar-refractivity contribution is -0.118. The molecule has 0 heterocycles. The van der Waals surface area contributed by atoms with E-state index in [4.69, 9.17) is 16.3 Å². The van der Waals surface area contributed by atoms with Crippen LogP contribution in [0.1, 0.15) is 0 Å². The molecule has 3 aromatic rings. The molecule has 162 valence electrons. The summed E-state index contributed by atoms with van der Waals surface area (Å²) in [5.74, 6) is -1.69. The number of hydrogen-bond acceptors (Lipinski definition) is 4. The van der Waals surface area contributed by atoms with E-state index >= 15 is 0 Å². The third-order valence-electron chi connectivity index (χ3n) is 3.87. The zero-order valence-electron chi connectivity index (χ0n) is 15.5. The first-order valence-corrected chi connectivity index (χ1v) is 11.2. The van der Waals surface area contributed by atoms with E-state index < -0.39 is 34.2 Å². The van der Waals surface area contributed by atoms with Crippen LogP contribution in [0.2, 0.25) is 5.02 Å². The largest absolute Gasteiger partial charge is 0.482 e. The van der Waals surface area contributed by atoms with Crippen LogP contribution in [-0.2, 0) is 14.8 Å². The molecule has 6 nitrogen and oxygen atoms in total. The zero-order valence-corrected chi connectivity index (χ0v) is 18.7. The number of nitrogens with one attached hydrogen (secondary N) is 2. The second-order valence-electron chi connectivity index (χ2n) is 6.17. The van der Waals surface area contributed by atoms with Gasteiger partial charge in [-0.1, -0.05) is 27.5 Å². The lowest BCUT2D eigenvalue weighted by Crippen LogP contribution is -2.21. The summed E-state index contributed by atoms with van der Waals surface area (Å²) in [6, 6.07) is 12.6. The van der Waals surface area contributed by atoms with E-state index in [1.54, 1.807) is 6.07 Å². The quantitative estimate of drug-likeness (QED) is 0.439. The Labute approximate surface area is 190 Å². The maximum Gasteiger partial charge on any atom is 0.262 e. The van der Waals surface area contributed by atoms with E-state index in [1.165, 1.54) is 36.4 Å². The number of amides is 1. The van der Waals surface area contributed by atoms with Gasteiger partial charge >= 0.3 is 0 Å². The maximum atomic E-state index is 13.8. The third-order valence-corrected chi connectivity index (χ3v) is 6.04. The van der Waals surface area contributed by atoms with Gasteiger partial charge in [0.05, 0.1) is 15.6 Å². The molecule has 0 aliphatic carbocycles. The number of anilines is 2. The van der Waals surface area contributed by atoms with E-state index in [2.05, 4.69) is 26.0 Å². The van der Waals surface area contributed by atoms with Crippen LogP contribution in [0.15, 0.2) is 70.0 Å². The molecule has 0 bridgehead atoms. The van der Waals surface area contributed by atoms with Crippen molar-refractivity contribution >= 4 is 54.8 Å². The Hall–Kier alpha value is -2.69. The van der Waals surface area contributed by atoms with Crippen molar-refractivity contribution in [2.24, 2.45) is 0 Å². The van der Waals surface area contributed by atoms with Gasteiger partial charge in [0.25, 0.3) is 15.9 Å². The second kappa shape index (κ2) is 9.63. The van der Waals surface area contributed by atoms with Crippen molar-refractivity contribution in [3.05, 3.63) is 81.8 Å². The van der Waals surface area contributed by atoms with Gasteiger partial charge < -0.3 is 10.1 Å². The van der Waals surface area contributed by atoms with Crippen LogP contribution >= 0.6 is 27.5 Å². The summed E-state index contributed by atoms with van der Waals surface area (Å²) in [6.07, 6.45) is 0. The van der Waals surface area contributed by atoms with Gasteiger partial charge in [-0.05, 0) is 60.7 Å². The van der Waals surface area contributed by atoms with Gasteiger partial charge in [0, 0.05) is 10.2 Å². The van der Waals surface area contributed by atoms with E-state index in [9.17, 15) is 22.0 Å². The van der Waals surface area contributed by atoms with Gasteiger partial charge in [-0.2, -0.15) is 0 Å². The van der Waals surface area contributed by atoms with Crippen LogP contribution < -0.4 is 14.8 Å². The Kier molecular flexibility index (Phi) is 7.14. The number of carbonyl (C=O) groups is 1. The van der Waals surface area contributed by atoms with Gasteiger partial charge in [-0.3, -0.25) is 9.52 Å². The molecule has 0 spiro atoms. The molecule has 2 N–H and O–H groups in total. The van der Waals surface area contributed by atoms with Crippen molar-refractivity contribution in [2.45, 2.75) is 4.90 Å². The number of halogens is 4. The second-order valence-corrected chi connectivity index (χ2v) is 9.17. The van der Waals surface area contributed by atoms with Crippen molar-refractivity contribution in [1.29, 1.82) is 0 Å². The minimum absolute atomic E-state index is 0.0174. The van der Waals surface area contributed by atoms with E-state index in [-0.39, 0.29) is 27.0 Å². The van der Waals surface area contributed by atoms with E-state index in [0.717, 1.165) is 18.2 Å². The molecule has 0 aliphatic rings. The summed E-state index contributed by atoms with van der Waals surface area (Å²) in [7, 11) is -3.98. The molecule has 0 fully saturated rings. The summed E-state index contributed by atoms with van der Waals surface area (Å²) in [5.41, 5.74) is 0.158. The Morgan fingerprint density at radius 2 is 1.74 bits per heavy atom. The molecular weight excluding hydrogens is 518 g/mol. The normalized spacial score (nSPS) is 11.1. The van der Waals surface area contributed by atoms with Crippen LogP contribution in [0.3, 0.4) is 0 Å². The summed E-state index contributed by atoms with van der Waals surface area (Å²) >= 11 is 9.20. The van der Waals surface area contributed by atoms with Crippen molar-refractivity contribution in [3.63, 3.8) is 0 Å². The average Bonchev–Trinajstić information content (AvgIpc) is 2.70.